The molecule has 0 atom stereocenters. The number of hydrogen-bond donors (Lipinski definition) is 2. The van der Waals surface area contributed by atoms with Gasteiger partial charge in [-0.05, 0) is 29.7 Å². The second-order valence-corrected chi connectivity index (χ2v) is 4.45. The minimum absolute atomic E-state index is 0.478. The lowest BCUT2D eigenvalue weighted by atomic mass is 9.97. The van der Waals surface area contributed by atoms with Gasteiger partial charge in [-0.15, -0.1) is 0 Å². The summed E-state index contributed by atoms with van der Waals surface area (Å²) in [5.74, 6) is 0. The summed E-state index contributed by atoms with van der Waals surface area (Å²) in [6, 6.07) is 8.23. The van der Waals surface area contributed by atoms with Crippen molar-refractivity contribution in [2.24, 2.45) is 0 Å². The van der Waals surface area contributed by atoms with E-state index in [1.165, 1.54) is 21.4 Å². The molecule has 0 unspecified atom stereocenters. The fourth-order valence-corrected chi connectivity index (χ4v) is 2.45. The molecular formula is C14H14N2O2. The van der Waals surface area contributed by atoms with E-state index in [1.54, 1.807) is 0 Å². The second kappa shape index (κ2) is 4.22. The number of fused-ring (bicyclic) bond motifs is 1. The Hall–Kier alpha value is -2.23. The zero-order chi connectivity index (χ0) is 12.5. The Kier molecular flexibility index (Phi) is 2.55. The van der Waals surface area contributed by atoms with Crippen LogP contribution in [0.3, 0.4) is 0 Å². The molecule has 1 aliphatic heterocycles. The van der Waals surface area contributed by atoms with Gasteiger partial charge in [-0.3, -0.25) is 0 Å². The van der Waals surface area contributed by atoms with E-state index < -0.39 is 6.09 Å². The van der Waals surface area contributed by atoms with Crippen LogP contribution in [0.25, 0.3) is 16.5 Å². The normalized spacial score (nSPS) is 15.8. The molecule has 0 bridgehead atoms. The van der Waals surface area contributed by atoms with Gasteiger partial charge in [-0.2, -0.15) is 0 Å². The Bertz CT molecular complexity index is 628. The number of carbonyl (C=O) groups is 1. The van der Waals surface area contributed by atoms with Crippen LogP contribution in [0.5, 0.6) is 0 Å². The number of amides is 1. The zero-order valence-electron chi connectivity index (χ0n) is 9.89. The molecule has 2 N–H and O–H groups in total. The number of nitrogens with zero attached hydrogens (tertiary/aromatic N) is 1. The fraction of sp³-hybridized carbons (Fsp3) is 0.214. The Morgan fingerprint density at radius 3 is 2.94 bits per heavy atom. The fourth-order valence-electron chi connectivity index (χ4n) is 2.45. The minimum atomic E-state index is -0.842. The smallest absolute Gasteiger partial charge is 0.407 e. The van der Waals surface area contributed by atoms with Crippen LogP contribution in [0.1, 0.15) is 12.0 Å². The van der Waals surface area contributed by atoms with Crippen molar-refractivity contribution < 1.29 is 9.90 Å². The van der Waals surface area contributed by atoms with E-state index in [0.717, 1.165) is 11.9 Å². The molecule has 0 saturated heterocycles. The number of H-pyrrole nitrogens is 1. The predicted molar refractivity (Wildman–Crippen MR) is 70.5 cm³/mol. The zero-order valence-corrected chi connectivity index (χ0v) is 9.89. The molecule has 1 aromatic carbocycles. The van der Waals surface area contributed by atoms with Gasteiger partial charge in [-0.1, -0.05) is 18.2 Å². The van der Waals surface area contributed by atoms with Crippen molar-refractivity contribution in [3.63, 3.8) is 0 Å². The third kappa shape index (κ3) is 1.76. The average Bonchev–Trinajstić information content (AvgIpc) is 2.87. The van der Waals surface area contributed by atoms with Crippen molar-refractivity contribution >= 4 is 22.6 Å². The van der Waals surface area contributed by atoms with Gasteiger partial charge in [0, 0.05) is 30.2 Å². The van der Waals surface area contributed by atoms with Crippen LogP contribution in [-0.4, -0.2) is 34.2 Å². The molecule has 18 heavy (non-hydrogen) atoms. The molecule has 92 valence electrons. The van der Waals surface area contributed by atoms with Crippen LogP contribution in [0.2, 0.25) is 0 Å². The highest BCUT2D eigenvalue weighted by Gasteiger charge is 2.17. The molecule has 0 saturated carbocycles. The molecular weight excluding hydrogens is 228 g/mol. The molecule has 0 radical (unpaired) electrons. The topological polar surface area (TPSA) is 56.3 Å². The first-order valence-electron chi connectivity index (χ1n) is 5.99. The van der Waals surface area contributed by atoms with Crippen LogP contribution in [0.4, 0.5) is 4.79 Å². The minimum Gasteiger partial charge on any atom is -0.465 e. The average molecular weight is 242 g/mol. The van der Waals surface area contributed by atoms with Gasteiger partial charge in [0.2, 0.25) is 0 Å². The highest BCUT2D eigenvalue weighted by molar-refractivity contribution is 5.92. The summed E-state index contributed by atoms with van der Waals surface area (Å²) in [6.45, 7) is 1.05. The van der Waals surface area contributed by atoms with E-state index in [1.807, 2.05) is 24.4 Å². The summed E-state index contributed by atoms with van der Waals surface area (Å²) >= 11 is 0. The SMILES string of the molecule is O=C(O)N1CC=C(c2cccc3[nH]ccc23)CC1. The van der Waals surface area contributed by atoms with Crippen LogP contribution in [0.15, 0.2) is 36.5 Å². The molecule has 3 rings (SSSR count). The lowest BCUT2D eigenvalue weighted by Crippen LogP contribution is -2.33. The maximum absolute atomic E-state index is 10.9. The maximum Gasteiger partial charge on any atom is 0.407 e. The number of benzene rings is 1. The first kappa shape index (κ1) is 10.9. The van der Waals surface area contributed by atoms with Crippen LogP contribution < -0.4 is 0 Å². The van der Waals surface area contributed by atoms with E-state index in [9.17, 15) is 4.79 Å². The molecule has 2 aromatic rings. The third-order valence-electron chi connectivity index (χ3n) is 3.42. The van der Waals surface area contributed by atoms with Crippen molar-refractivity contribution in [1.82, 2.24) is 9.88 Å². The van der Waals surface area contributed by atoms with Crippen LogP contribution in [0, 0.1) is 0 Å². The monoisotopic (exact) mass is 242 g/mol. The standard InChI is InChI=1S/C14H14N2O2/c17-14(18)16-8-5-10(6-9-16)11-2-1-3-13-12(11)4-7-15-13/h1-5,7,15H,6,8-9H2,(H,17,18). The Labute approximate surface area is 105 Å². The van der Waals surface area contributed by atoms with Crippen molar-refractivity contribution in [3.05, 3.63) is 42.1 Å². The first-order valence-corrected chi connectivity index (χ1v) is 5.99. The van der Waals surface area contributed by atoms with E-state index in [4.69, 9.17) is 5.11 Å². The second-order valence-electron chi connectivity index (χ2n) is 4.45. The van der Waals surface area contributed by atoms with Crippen molar-refractivity contribution in [2.75, 3.05) is 13.1 Å². The summed E-state index contributed by atoms with van der Waals surface area (Å²) in [5.41, 5.74) is 3.56. The number of carboxylic acid groups (broad SMARTS) is 1. The van der Waals surface area contributed by atoms with Gasteiger partial charge >= 0.3 is 6.09 Å². The highest BCUT2D eigenvalue weighted by Crippen LogP contribution is 2.28. The van der Waals surface area contributed by atoms with Crippen molar-refractivity contribution in [2.45, 2.75) is 6.42 Å². The molecule has 4 heteroatoms. The summed E-state index contributed by atoms with van der Waals surface area (Å²) in [6.07, 6.45) is 3.88. The van der Waals surface area contributed by atoms with Crippen molar-refractivity contribution in [1.29, 1.82) is 0 Å². The number of nitrogens with one attached hydrogen (secondary N) is 1. The maximum atomic E-state index is 10.9. The summed E-state index contributed by atoms with van der Waals surface area (Å²) in [7, 11) is 0. The summed E-state index contributed by atoms with van der Waals surface area (Å²) in [5, 5.41) is 10.1. The van der Waals surface area contributed by atoms with E-state index in [0.29, 0.717) is 13.1 Å². The Balaban J connectivity index is 1.96. The van der Waals surface area contributed by atoms with E-state index in [2.05, 4.69) is 17.1 Å². The lowest BCUT2D eigenvalue weighted by molar-refractivity contribution is 0.150. The van der Waals surface area contributed by atoms with Gasteiger partial charge in [0.25, 0.3) is 0 Å². The molecule has 0 spiro atoms. The largest absolute Gasteiger partial charge is 0.465 e. The van der Waals surface area contributed by atoms with Crippen molar-refractivity contribution in [3.8, 4) is 0 Å². The Morgan fingerprint density at radius 1 is 1.33 bits per heavy atom. The summed E-state index contributed by atoms with van der Waals surface area (Å²) in [4.78, 5) is 15.5. The predicted octanol–water partition coefficient (Wildman–Crippen LogP) is 2.94. The molecule has 1 aliphatic rings. The molecule has 2 heterocycles. The number of aromatic nitrogens is 1. The van der Waals surface area contributed by atoms with E-state index in [-0.39, 0.29) is 0 Å². The lowest BCUT2D eigenvalue weighted by Gasteiger charge is -2.24. The van der Waals surface area contributed by atoms with Gasteiger partial charge in [0.1, 0.15) is 0 Å². The summed E-state index contributed by atoms with van der Waals surface area (Å²) < 4.78 is 0. The Morgan fingerprint density at radius 2 is 2.22 bits per heavy atom. The molecule has 0 aliphatic carbocycles. The highest BCUT2D eigenvalue weighted by atomic mass is 16.4. The van der Waals surface area contributed by atoms with E-state index >= 15 is 0 Å². The van der Waals surface area contributed by atoms with Gasteiger partial charge in [0.05, 0.1) is 0 Å². The van der Waals surface area contributed by atoms with Gasteiger partial charge < -0.3 is 15.0 Å². The number of aromatic amines is 1. The first-order chi connectivity index (χ1) is 8.75. The molecule has 0 fully saturated rings. The quantitative estimate of drug-likeness (QED) is 0.807. The van der Waals surface area contributed by atoms with Crippen LogP contribution in [-0.2, 0) is 0 Å². The molecule has 1 amide bonds. The number of rotatable bonds is 1. The molecule has 4 nitrogen and oxygen atoms in total. The van der Waals surface area contributed by atoms with Crippen LogP contribution >= 0.6 is 0 Å². The van der Waals surface area contributed by atoms with Gasteiger partial charge in [-0.25, -0.2) is 4.79 Å². The van der Waals surface area contributed by atoms with Gasteiger partial charge in [0.15, 0.2) is 0 Å². The third-order valence-corrected chi connectivity index (χ3v) is 3.42. The molecule has 1 aromatic heterocycles. The number of hydrogen-bond acceptors (Lipinski definition) is 1.